The van der Waals surface area contributed by atoms with Crippen molar-refractivity contribution in [1.82, 2.24) is 10.3 Å². The smallest absolute Gasteiger partial charge is 0.0419 e. The number of nitrogens with one attached hydrogen (secondary N) is 1. The molecule has 0 spiro atoms. The van der Waals surface area contributed by atoms with Gasteiger partial charge in [-0.1, -0.05) is 13.0 Å². The molecular weight excluding hydrogens is 196 g/mol. The van der Waals surface area contributed by atoms with Crippen molar-refractivity contribution < 1.29 is 0 Å². The molecule has 1 aromatic rings. The minimum Gasteiger partial charge on any atom is -0.310 e. The van der Waals surface area contributed by atoms with Crippen LogP contribution in [0.1, 0.15) is 31.9 Å². The van der Waals surface area contributed by atoms with Crippen LogP contribution in [-0.4, -0.2) is 17.1 Å². The Labute approximate surface area is 97.5 Å². The molecule has 0 radical (unpaired) electrons. The molecule has 0 amide bonds. The minimum absolute atomic E-state index is 0.671. The molecule has 0 saturated heterocycles. The maximum atomic E-state index is 4.44. The van der Waals surface area contributed by atoms with Crippen LogP contribution < -0.4 is 5.32 Å². The van der Waals surface area contributed by atoms with Gasteiger partial charge in [-0.15, -0.1) is 0 Å². The lowest BCUT2D eigenvalue weighted by Crippen LogP contribution is -2.35. The van der Waals surface area contributed by atoms with Crippen molar-refractivity contribution in [2.24, 2.45) is 11.8 Å². The maximum Gasteiger partial charge on any atom is 0.0419 e. The fourth-order valence-electron chi connectivity index (χ4n) is 2.43. The molecule has 3 atom stereocenters. The van der Waals surface area contributed by atoms with E-state index in [9.17, 15) is 0 Å². The van der Waals surface area contributed by atoms with Gasteiger partial charge in [0, 0.05) is 30.4 Å². The zero-order valence-electron chi connectivity index (χ0n) is 9.89. The van der Waals surface area contributed by atoms with E-state index >= 15 is 0 Å². The third-order valence-corrected chi connectivity index (χ3v) is 3.88. The Balaban J connectivity index is 1.60. The van der Waals surface area contributed by atoms with E-state index in [1.165, 1.54) is 25.0 Å². The summed E-state index contributed by atoms with van der Waals surface area (Å²) in [7, 11) is 0. The molecule has 2 saturated carbocycles. The van der Waals surface area contributed by atoms with Crippen molar-refractivity contribution in [2.45, 2.75) is 44.7 Å². The second-order valence-corrected chi connectivity index (χ2v) is 5.46. The van der Waals surface area contributed by atoms with E-state index in [0.717, 1.165) is 24.3 Å². The van der Waals surface area contributed by atoms with Crippen LogP contribution in [0.25, 0.3) is 0 Å². The molecule has 3 unspecified atom stereocenters. The van der Waals surface area contributed by atoms with E-state index in [2.05, 4.69) is 29.4 Å². The number of hydrogen-bond acceptors (Lipinski definition) is 2. The highest BCUT2D eigenvalue weighted by Crippen LogP contribution is 2.37. The van der Waals surface area contributed by atoms with Crippen molar-refractivity contribution in [1.29, 1.82) is 0 Å². The third-order valence-electron chi connectivity index (χ3n) is 3.88. The van der Waals surface area contributed by atoms with Gasteiger partial charge in [-0.25, -0.2) is 0 Å². The summed E-state index contributed by atoms with van der Waals surface area (Å²) >= 11 is 0. The van der Waals surface area contributed by atoms with Crippen molar-refractivity contribution >= 4 is 0 Å². The van der Waals surface area contributed by atoms with Crippen LogP contribution in [0.15, 0.2) is 24.4 Å². The first kappa shape index (κ1) is 10.3. The zero-order chi connectivity index (χ0) is 11.0. The molecule has 2 aliphatic carbocycles. The predicted molar refractivity (Wildman–Crippen MR) is 65.2 cm³/mol. The Morgan fingerprint density at radius 2 is 2.25 bits per heavy atom. The lowest BCUT2D eigenvalue weighted by Gasteiger charge is -2.17. The Morgan fingerprint density at radius 1 is 1.44 bits per heavy atom. The van der Waals surface area contributed by atoms with Gasteiger partial charge in [0.05, 0.1) is 0 Å². The van der Waals surface area contributed by atoms with Gasteiger partial charge < -0.3 is 5.32 Å². The zero-order valence-corrected chi connectivity index (χ0v) is 9.89. The fourth-order valence-corrected chi connectivity index (χ4v) is 2.43. The van der Waals surface area contributed by atoms with Gasteiger partial charge in [-0.2, -0.15) is 0 Å². The van der Waals surface area contributed by atoms with E-state index in [4.69, 9.17) is 0 Å². The molecule has 2 heteroatoms. The highest BCUT2D eigenvalue weighted by atomic mass is 15.0. The third kappa shape index (κ3) is 2.43. The van der Waals surface area contributed by atoms with Gasteiger partial charge >= 0.3 is 0 Å². The molecular formula is C14H20N2. The van der Waals surface area contributed by atoms with Crippen molar-refractivity contribution in [2.75, 3.05) is 0 Å². The molecule has 0 aliphatic heterocycles. The van der Waals surface area contributed by atoms with Gasteiger partial charge in [0.25, 0.3) is 0 Å². The molecule has 2 nitrogen and oxygen atoms in total. The molecule has 1 N–H and O–H groups in total. The molecule has 0 aromatic carbocycles. The van der Waals surface area contributed by atoms with E-state index < -0.39 is 0 Å². The highest BCUT2D eigenvalue weighted by molar-refractivity contribution is 5.08. The van der Waals surface area contributed by atoms with E-state index in [1.807, 2.05) is 12.3 Å². The normalized spacial score (nSPS) is 30.1. The van der Waals surface area contributed by atoms with Crippen molar-refractivity contribution in [3.05, 3.63) is 30.1 Å². The molecule has 2 aliphatic rings. The van der Waals surface area contributed by atoms with Crippen LogP contribution in [-0.2, 0) is 6.42 Å². The SMILES string of the molecule is CC1CC1NC(Cc1ccccn1)C1CC1. The Bertz CT molecular complexity index is 345. The Kier molecular flexibility index (Phi) is 2.68. The molecule has 3 rings (SSSR count). The Morgan fingerprint density at radius 3 is 2.81 bits per heavy atom. The molecule has 1 heterocycles. The van der Waals surface area contributed by atoms with Crippen molar-refractivity contribution in [3.8, 4) is 0 Å². The fraction of sp³-hybridized carbons (Fsp3) is 0.643. The topological polar surface area (TPSA) is 24.9 Å². The monoisotopic (exact) mass is 216 g/mol. The number of hydrogen-bond donors (Lipinski definition) is 1. The van der Waals surface area contributed by atoms with E-state index in [-0.39, 0.29) is 0 Å². The van der Waals surface area contributed by atoms with Gasteiger partial charge in [0.15, 0.2) is 0 Å². The largest absolute Gasteiger partial charge is 0.310 e. The second-order valence-electron chi connectivity index (χ2n) is 5.46. The summed E-state index contributed by atoms with van der Waals surface area (Å²) < 4.78 is 0. The standard InChI is InChI=1S/C14H20N2/c1-10-8-13(10)16-14(11-5-6-11)9-12-4-2-3-7-15-12/h2-4,7,10-11,13-14,16H,5-6,8-9H2,1H3. The number of pyridine rings is 1. The van der Waals surface area contributed by atoms with Crippen LogP contribution in [0, 0.1) is 11.8 Å². The average Bonchev–Trinajstić information content (AvgIpc) is 3.17. The highest BCUT2D eigenvalue weighted by Gasteiger charge is 2.39. The lowest BCUT2D eigenvalue weighted by atomic mass is 10.1. The Hall–Kier alpha value is -0.890. The molecule has 86 valence electrons. The summed E-state index contributed by atoms with van der Waals surface area (Å²) in [6.45, 7) is 2.34. The van der Waals surface area contributed by atoms with E-state index in [1.54, 1.807) is 0 Å². The number of aromatic nitrogens is 1. The molecule has 0 bridgehead atoms. The summed E-state index contributed by atoms with van der Waals surface area (Å²) in [5, 5.41) is 3.81. The van der Waals surface area contributed by atoms with E-state index in [0.29, 0.717) is 6.04 Å². The van der Waals surface area contributed by atoms with Crippen LogP contribution >= 0.6 is 0 Å². The molecule has 2 fully saturated rings. The van der Waals surface area contributed by atoms with Gasteiger partial charge in [-0.05, 0) is 43.2 Å². The van der Waals surface area contributed by atoms with Crippen LogP contribution in [0.4, 0.5) is 0 Å². The van der Waals surface area contributed by atoms with Crippen LogP contribution in [0.3, 0.4) is 0 Å². The summed E-state index contributed by atoms with van der Waals surface area (Å²) in [6, 6.07) is 7.69. The average molecular weight is 216 g/mol. The number of nitrogens with zero attached hydrogens (tertiary/aromatic N) is 1. The van der Waals surface area contributed by atoms with Crippen LogP contribution in [0.5, 0.6) is 0 Å². The first-order valence-corrected chi connectivity index (χ1v) is 6.49. The molecule has 16 heavy (non-hydrogen) atoms. The summed E-state index contributed by atoms with van der Waals surface area (Å²) in [5.74, 6) is 1.81. The van der Waals surface area contributed by atoms with Crippen molar-refractivity contribution in [3.63, 3.8) is 0 Å². The minimum atomic E-state index is 0.671. The maximum absolute atomic E-state index is 4.44. The summed E-state index contributed by atoms with van der Waals surface area (Å²) in [4.78, 5) is 4.44. The summed E-state index contributed by atoms with van der Waals surface area (Å²) in [5.41, 5.74) is 1.24. The number of rotatable bonds is 5. The first-order chi connectivity index (χ1) is 7.83. The van der Waals surface area contributed by atoms with Gasteiger partial charge in [-0.3, -0.25) is 4.98 Å². The van der Waals surface area contributed by atoms with Gasteiger partial charge in [0.2, 0.25) is 0 Å². The quantitative estimate of drug-likeness (QED) is 0.817. The first-order valence-electron chi connectivity index (χ1n) is 6.49. The van der Waals surface area contributed by atoms with Crippen LogP contribution in [0.2, 0.25) is 0 Å². The molecule has 1 aromatic heterocycles. The summed E-state index contributed by atoms with van der Waals surface area (Å²) in [6.07, 6.45) is 7.19. The second kappa shape index (κ2) is 4.17. The predicted octanol–water partition coefficient (Wildman–Crippen LogP) is 2.40. The van der Waals surface area contributed by atoms with Gasteiger partial charge in [0.1, 0.15) is 0 Å². The lowest BCUT2D eigenvalue weighted by molar-refractivity contribution is 0.444.